The van der Waals surface area contributed by atoms with Crippen molar-refractivity contribution in [2.75, 3.05) is 17.6 Å². The Balaban J connectivity index is 2.36. The highest BCUT2D eigenvalue weighted by molar-refractivity contribution is 8.01. The van der Waals surface area contributed by atoms with Gasteiger partial charge in [0.2, 0.25) is 5.13 Å². The van der Waals surface area contributed by atoms with Crippen LogP contribution >= 0.6 is 23.1 Å². The molecule has 90 valence electrons. The number of carbonyl (C=O) groups is 1. The van der Waals surface area contributed by atoms with Gasteiger partial charge in [-0.2, -0.15) is 0 Å². The summed E-state index contributed by atoms with van der Waals surface area (Å²) in [6, 6.07) is 0. The lowest BCUT2D eigenvalue weighted by Crippen LogP contribution is -2.09. The maximum Gasteiger partial charge on any atom is 0.313 e. The number of nitrogens with zero attached hydrogens (tertiary/aromatic N) is 2. The molecule has 0 saturated carbocycles. The zero-order valence-corrected chi connectivity index (χ0v) is 10.9. The van der Waals surface area contributed by atoms with E-state index >= 15 is 0 Å². The molecular weight excluding hydrogens is 246 g/mol. The first kappa shape index (κ1) is 13.2. The van der Waals surface area contributed by atoms with Crippen LogP contribution in [0.3, 0.4) is 0 Å². The first-order valence-electron chi connectivity index (χ1n) is 5.03. The number of hydrogen-bond acceptors (Lipinski definition) is 6. The lowest BCUT2D eigenvalue weighted by Gasteiger charge is -2.07. The van der Waals surface area contributed by atoms with Gasteiger partial charge >= 0.3 is 5.97 Å². The van der Waals surface area contributed by atoms with E-state index < -0.39 is 5.97 Å². The van der Waals surface area contributed by atoms with Crippen molar-refractivity contribution in [2.45, 2.75) is 24.6 Å². The smallest absolute Gasteiger partial charge is 0.313 e. The molecule has 1 unspecified atom stereocenters. The Labute approximate surface area is 103 Å². The van der Waals surface area contributed by atoms with Crippen LogP contribution < -0.4 is 5.32 Å². The molecule has 0 aliphatic rings. The normalized spacial score (nSPS) is 12.4. The van der Waals surface area contributed by atoms with Gasteiger partial charge in [-0.1, -0.05) is 43.4 Å². The SMILES string of the molecule is CCC(C)CNc1nnc(SCC(=O)O)s1. The average molecular weight is 261 g/mol. The predicted molar refractivity (Wildman–Crippen MR) is 66.2 cm³/mol. The third-order valence-corrected chi connectivity index (χ3v) is 4.02. The number of anilines is 1. The number of hydrogen-bond donors (Lipinski definition) is 2. The van der Waals surface area contributed by atoms with Crippen molar-refractivity contribution in [1.82, 2.24) is 10.2 Å². The van der Waals surface area contributed by atoms with Gasteiger partial charge in [-0.05, 0) is 5.92 Å². The molecule has 0 fully saturated rings. The zero-order chi connectivity index (χ0) is 12.0. The van der Waals surface area contributed by atoms with E-state index in [0.717, 1.165) is 18.1 Å². The van der Waals surface area contributed by atoms with E-state index in [1.165, 1.54) is 23.1 Å². The topological polar surface area (TPSA) is 75.1 Å². The molecule has 1 heterocycles. The van der Waals surface area contributed by atoms with Gasteiger partial charge in [-0.25, -0.2) is 0 Å². The predicted octanol–water partition coefficient (Wildman–Crippen LogP) is 2.17. The molecule has 5 nitrogen and oxygen atoms in total. The van der Waals surface area contributed by atoms with Crippen LogP contribution in [0.5, 0.6) is 0 Å². The Hall–Kier alpha value is -0.820. The van der Waals surface area contributed by atoms with Crippen LogP contribution in [0, 0.1) is 5.92 Å². The molecule has 0 aliphatic heterocycles. The molecule has 1 aromatic rings. The van der Waals surface area contributed by atoms with Crippen molar-refractivity contribution < 1.29 is 9.90 Å². The number of carboxylic acids is 1. The van der Waals surface area contributed by atoms with Gasteiger partial charge < -0.3 is 10.4 Å². The van der Waals surface area contributed by atoms with E-state index in [1.54, 1.807) is 0 Å². The quantitative estimate of drug-likeness (QED) is 0.733. The highest BCUT2D eigenvalue weighted by Gasteiger charge is 2.07. The Kier molecular flexibility index (Phi) is 5.54. The second-order valence-corrected chi connectivity index (χ2v) is 5.65. The molecule has 0 saturated heterocycles. The minimum atomic E-state index is -0.839. The first-order valence-corrected chi connectivity index (χ1v) is 6.84. The van der Waals surface area contributed by atoms with Gasteiger partial charge in [-0.15, -0.1) is 10.2 Å². The molecule has 1 aromatic heterocycles. The highest BCUT2D eigenvalue weighted by atomic mass is 32.2. The summed E-state index contributed by atoms with van der Waals surface area (Å²) in [7, 11) is 0. The lowest BCUT2D eigenvalue weighted by atomic mass is 10.1. The second-order valence-electron chi connectivity index (χ2n) is 3.45. The minimum absolute atomic E-state index is 0.0278. The third-order valence-electron chi connectivity index (χ3n) is 2.02. The Morgan fingerprint density at radius 3 is 3.00 bits per heavy atom. The number of aliphatic carboxylic acids is 1. The molecule has 0 bridgehead atoms. The van der Waals surface area contributed by atoms with Crippen LogP contribution in [0.15, 0.2) is 4.34 Å². The van der Waals surface area contributed by atoms with Crippen molar-refractivity contribution in [3.05, 3.63) is 0 Å². The van der Waals surface area contributed by atoms with Crippen LogP contribution in [0.25, 0.3) is 0 Å². The van der Waals surface area contributed by atoms with Gasteiger partial charge in [0.05, 0.1) is 5.75 Å². The zero-order valence-electron chi connectivity index (χ0n) is 9.27. The molecule has 7 heteroatoms. The van der Waals surface area contributed by atoms with E-state index in [9.17, 15) is 4.79 Å². The summed E-state index contributed by atoms with van der Waals surface area (Å²) >= 11 is 2.59. The fourth-order valence-electron chi connectivity index (χ4n) is 0.869. The van der Waals surface area contributed by atoms with Gasteiger partial charge in [-0.3, -0.25) is 4.79 Å². The monoisotopic (exact) mass is 261 g/mol. The third kappa shape index (κ3) is 4.80. The summed E-state index contributed by atoms with van der Waals surface area (Å²) in [6.45, 7) is 5.17. The van der Waals surface area contributed by atoms with Crippen LogP contribution in [0.2, 0.25) is 0 Å². The highest BCUT2D eigenvalue weighted by Crippen LogP contribution is 2.25. The van der Waals surface area contributed by atoms with Gasteiger partial charge in [0.1, 0.15) is 0 Å². The summed E-state index contributed by atoms with van der Waals surface area (Å²) < 4.78 is 0.689. The maximum absolute atomic E-state index is 10.4. The van der Waals surface area contributed by atoms with Gasteiger partial charge in [0.25, 0.3) is 0 Å². The molecular formula is C9H15N3O2S2. The van der Waals surface area contributed by atoms with E-state index in [0.29, 0.717) is 10.3 Å². The second kappa shape index (κ2) is 6.70. The maximum atomic E-state index is 10.4. The molecule has 1 rings (SSSR count). The minimum Gasteiger partial charge on any atom is -0.481 e. The first-order chi connectivity index (χ1) is 7.61. The van der Waals surface area contributed by atoms with Crippen LogP contribution in [-0.2, 0) is 4.79 Å². The fourth-order valence-corrected chi connectivity index (χ4v) is 2.35. The molecule has 0 spiro atoms. The van der Waals surface area contributed by atoms with E-state index in [4.69, 9.17) is 5.11 Å². The number of thioether (sulfide) groups is 1. The number of aromatic nitrogens is 2. The number of carboxylic acid groups (broad SMARTS) is 1. The molecule has 0 aliphatic carbocycles. The van der Waals surface area contributed by atoms with E-state index in [1.807, 2.05) is 0 Å². The summed E-state index contributed by atoms with van der Waals surface area (Å²) in [6.07, 6.45) is 1.12. The summed E-state index contributed by atoms with van der Waals surface area (Å²) in [5.74, 6) is -0.215. The standard InChI is InChI=1S/C9H15N3O2S2/c1-3-6(2)4-10-8-11-12-9(16-8)15-5-7(13)14/h6H,3-5H2,1-2H3,(H,10,11)(H,13,14). The van der Waals surface area contributed by atoms with Crippen molar-refractivity contribution in [3.8, 4) is 0 Å². The molecule has 0 aromatic carbocycles. The number of nitrogens with one attached hydrogen (secondary N) is 1. The van der Waals surface area contributed by atoms with Crippen molar-refractivity contribution in [3.63, 3.8) is 0 Å². The Bertz CT molecular complexity index is 343. The van der Waals surface area contributed by atoms with Gasteiger partial charge in [0, 0.05) is 6.54 Å². The molecule has 2 N–H and O–H groups in total. The number of rotatable bonds is 7. The Morgan fingerprint density at radius 2 is 2.38 bits per heavy atom. The summed E-state index contributed by atoms with van der Waals surface area (Å²) in [4.78, 5) is 10.4. The van der Waals surface area contributed by atoms with Crippen LogP contribution in [-0.4, -0.2) is 33.6 Å². The fraction of sp³-hybridized carbons (Fsp3) is 0.667. The summed E-state index contributed by atoms with van der Waals surface area (Å²) in [5.41, 5.74) is 0. The van der Waals surface area contributed by atoms with Crippen molar-refractivity contribution in [1.29, 1.82) is 0 Å². The average Bonchev–Trinajstić information content (AvgIpc) is 2.71. The van der Waals surface area contributed by atoms with Gasteiger partial charge in [0.15, 0.2) is 4.34 Å². The van der Waals surface area contributed by atoms with Crippen LogP contribution in [0.1, 0.15) is 20.3 Å². The largest absolute Gasteiger partial charge is 0.481 e. The van der Waals surface area contributed by atoms with Crippen molar-refractivity contribution in [2.24, 2.45) is 5.92 Å². The molecule has 1 atom stereocenters. The van der Waals surface area contributed by atoms with Crippen molar-refractivity contribution >= 4 is 34.2 Å². The van der Waals surface area contributed by atoms with Crippen LogP contribution in [0.4, 0.5) is 5.13 Å². The molecule has 16 heavy (non-hydrogen) atoms. The van der Waals surface area contributed by atoms with E-state index in [2.05, 4.69) is 29.4 Å². The van der Waals surface area contributed by atoms with E-state index in [-0.39, 0.29) is 5.75 Å². The Morgan fingerprint density at radius 1 is 1.62 bits per heavy atom. The summed E-state index contributed by atoms with van der Waals surface area (Å²) in [5, 5.41) is 20.3. The lowest BCUT2D eigenvalue weighted by molar-refractivity contribution is -0.133. The molecule has 0 radical (unpaired) electrons. The molecule has 0 amide bonds.